The van der Waals surface area contributed by atoms with Crippen LogP contribution in [0.1, 0.15) is 25.7 Å². The zero-order valence-electron chi connectivity index (χ0n) is 11.3. The highest BCUT2D eigenvalue weighted by molar-refractivity contribution is 5.11. The number of hydrogen-bond acceptors (Lipinski definition) is 3. The van der Waals surface area contributed by atoms with Crippen molar-refractivity contribution in [2.45, 2.75) is 25.7 Å². The molecule has 1 saturated carbocycles. The molecule has 0 amide bonds. The maximum atomic E-state index is 5.67. The molecule has 0 bridgehead atoms. The first kappa shape index (κ1) is 11.9. The molecule has 0 aromatic heterocycles. The monoisotopic (exact) mass is 238 g/mol. The first-order valence-electron chi connectivity index (χ1n) is 7.13. The number of hydrogen-bond donors (Lipinski definition) is 1. The van der Waals surface area contributed by atoms with Gasteiger partial charge in [0.25, 0.3) is 0 Å². The minimum atomic E-state index is 0.499. The molecule has 2 saturated heterocycles. The van der Waals surface area contributed by atoms with Crippen molar-refractivity contribution >= 4 is 0 Å². The highest BCUT2D eigenvalue weighted by Gasteiger charge is 2.62. The number of nitrogens with one attached hydrogen (secondary N) is 1. The van der Waals surface area contributed by atoms with Gasteiger partial charge in [-0.2, -0.15) is 0 Å². The summed E-state index contributed by atoms with van der Waals surface area (Å²) in [5.74, 6) is 0.870. The zero-order valence-corrected chi connectivity index (χ0v) is 11.3. The summed E-state index contributed by atoms with van der Waals surface area (Å²) in [6, 6.07) is 0. The number of nitrogens with zero attached hydrogens (tertiary/aromatic N) is 1. The van der Waals surface area contributed by atoms with E-state index in [9.17, 15) is 0 Å². The van der Waals surface area contributed by atoms with Crippen molar-refractivity contribution < 1.29 is 4.74 Å². The van der Waals surface area contributed by atoms with Crippen molar-refractivity contribution in [3.05, 3.63) is 0 Å². The van der Waals surface area contributed by atoms with Gasteiger partial charge < -0.3 is 15.0 Å². The summed E-state index contributed by atoms with van der Waals surface area (Å²) in [7, 11) is 4.37. The molecule has 0 radical (unpaired) electrons. The molecular weight excluding hydrogens is 212 g/mol. The normalized spacial score (nSPS) is 35.3. The number of rotatable bonds is 4. The van der Waals surface area contributed by atoms with E-state index in [4.69, 9.17) is 4.74 Å². The molecule has 3 heteroatoms. The van der Waals surface area contributed by atoms with Crippen molar-refractivity contribution in [3.63, 3.8) is 0 Å². The van der Waals surface area contributed by atoms with E-state index in [0.717, 1.165) is 19.1 Å². The van der Waals surface area contributed by atoms with E-state index in [1.54, 1.807) is 0 Å². The van der Waals surface area contributed by atoms with Crippen LogP contribution in [0.25, 0.3) is 0 Å². The average Bonchev–Trinajstić information content (AvgIpc) is 2.59. The van der Waals surface area contributed by atoms with Crippen LogP contribution in [-0.4, -0.2) is 51.8 Å². The van der Waals surface area contributed by atoms with E-state index in [-0.39, 0.29) is 0 Å². The van der Waals surface area contributed by atoms with Gasteiger partial charge in [-0.15, -0.1) is 0 Å². The molecule has 98 valence electrons. The van der Waals surface area contributed by atoms with Crippen molar-refractivity contribution in [3.8, 4) is 0 Å². The minimum Gasteiger partial charge on any atom is -0.380 e. The van der Waals surface area contributed by atoms with Gasteiger partial charge in [0.2, 0.25) is 0 Å². The molecule has 3 fully saturated rings. The SMILES string of the molecule is CNCC1(C2(C3CCN(C)C3)COC2)CCC1. The first-order valence-corrected chi connectivity index (χ1v) is 7.13. The molecule has 1 unspecified atom stereocenters. The van der Waals surface area contributed by atoms with E-state index in [2.05, 4.69) is 24.3 Å². The molecule has 1 aliphatic carbocycles. The third-order valence-electron chi connectivity index (χ3n) is 5.77. The van der Waals surface area contributed by atoms with E-state index < -0.39 is 0 Å². The van der Waals surface area contributed by atoms with Crippen molar-refractivity contribution in [2.24, 2.45) is 16.7 Å². The third-order valence-corrected chi connectivity index (χ3v) is 5.77. The Bertz CT molecular complexity index is 284. The van der Waals surface area contributed by atoms with Crippen LogP contribution in [-0.2, 0) is 4.74 Å². The molecule has 2 aliphatic heterocycles. The third kappa shape index (κ3) is 1.59. The summed E-state index contributed by atoms with van der Waals surface area (Å²) in [6.45, 7) is 5.80. The average molecular weight is 238 g/mol. The molecule has 0 aromatic carbocycles. The Hall–Kier alpha value is -0.120. The Balaban J connectivity index is 1.81. The number of likely N-dealkylation sites (tertiary alicyclic amines) is 1. The fourth-order valence-corrected chi connectivity index (χ4v) is 4.48. The van der Waals surface area contributed by atoms with Crippen LogP contribution < -0.4 is 5.32 Å². The first-order chi connectivity index (χ1) is 8.22. The Morgan fingerprint density at radius 1 is 1.35 bits per heavy atom. The lowest BCUT2D eigenvalue weighted by Crippen LogP contribution is -2.65. The van der Waals surface area contributed by atoms with E-state index >= 15 is 0 Å². The summed E-state index contributed by atoms with van der Waals surface area (Å²) >= 11 is 0. The highest BCUT2D eigenvalue weighted by Crippen LogP contribution is 2.61. The highest BCUT2D eigenvalue weighted by atomic mass is 16.5. The second-order valence-electron chi connectivity index (χ2n) is 6.56. The summed E-state index contributed by atoms with van der Waals surface area (Å²) < 4.78 is 5.67. The maximum Gasteiger partial charge on any atom is 0.0553 e. The van der Waals surface area contributed by atoms with Crippen LogP contribution in [0.3, 0.4) is 0 Å². The largest absolute Gasteiger partial charge is 0.380 e. The van der Waals surface area contributed by atoms with Gasteiger partial charge in [0.05, 0.1) is 13.2 Å². The molecule has 1 N–H and O–H groups in total. The molecule has 1 atom stereocenters. The molecule has 0 spiro atoms. The Morgan fingerprint density at radius 2 is 2.12 bits per heavy atom. The standard InChI is InChI=1S/C14H26N2O/c1-15-9-13(5-3-6-13)14(10-17-11-14)12-4-7-16(2)8-12/h12,15H,3-11H2,1-2H3. The molecule has 3 rings (SSSR count). The molecule has 3 nitrogen and oxygen atoms in total. The van der Waals surface area contributed by atoms with Gasteiger partial charge in [-0.3, -0.25) is 0 Å². The predicted molar refractivity (Wildman–Crippen MR) is 69.1 cm³/mol. The molecular formula is C14H26N2O. The van der Waals surface area contributed by atoms with Gasteiger partial charge in [-0.1, -0.05) is 6.42 Å². The summed E-state index contributed by atoms with van der Waals surface area (Å²) in [4.78, 5) is 2.50. The molecule has 17 heavy (non-hydrogen) atoms. The fraction of sp³-hybridized carbons (Fsp3) is 1.00. The van der Waals surface area contributed by atoms with Gasteiger partial charge in [-0.05, 0) is 51.2 Å². The van der Waals surface area contributed by atoms with Crippen LogP contribution in [0.5, 0.6) is 0 Å². The lowest BCUT2D eigenvalue weighted by Gasteiger charge is -2.63. The minimum absolute atomic E-state index is 0.499. The van der Waals surface area contributed by atoms with E-state index in [1.165, 1.54) is 45.3 Å². The fourth-order valence-electron chi connectivity index (χ4n) is 4.48. The van der Waals surface area contributed by atoms with Gasteiger partial charge in [0.1, 0.15) is 0 Å². The van der Waals surface area contributed by atoms with Gasteiger partial charge in [0, 0.05) is 18.5 Å². The van der Waals surface area contributed by atoms with Crippen LogP contribution >= 0.6 is 0 Å². The quantitative estimate of drug-likeness (QED) is 0.800. The molecule has 0 aromatic rings. The lowest BCUT2D eigenvalue weighted by atomic mass is 9.47. The second kappa shape index (κ2) is 4.22. The van der Waals surface area contributed by atoms with Crippen LogP contribution in [0.15, 0.2) is 0 Å². The molecule has 3 aliphatic rings. The van der Waals surface area contributed by atoms with Crippen LogP contribution in [0, 0.1) is 16.7 Å². The lowest BCUT2D eigenvalue weighted by molar-refractivity contribution is -0.235. The predicted octanol–water partition coefficient (Wildman–Crippen LogP) is 1.34. The zero-order chi connectivity index (χ0) is 11.9. The van der Waals surface area contributed by atoms with Crippen molar-refractivity contribution in [1.82, 2.24) is 10.2 Å². The van der Waals surface area contributed by atoms with E-state index in [1.807, 2.05) is 0 Å². The van der Waals surface area contributed by atoms with Gasteiger partial charge in [0.15, 0.2) is 0 Å². The van der Waals surface area contributed by atoms with Crippen molar-refractivity contribution in [1.29, 1.82) is 0 Å². The summed E-state index contributed by atoms with van der Waals surface area (Å²) in [6.07, 6.45) is 5.63. The van der Waals surface area contributed by atoms with Gasteiger partial charge >= 0.3 is 0 Å². The second-order valence-corrected chi connectivity index (χ2v) is 6.56. The Morgan fingerprint density at radius 3 is 2.47 bits per heavy atom. The Labute approximate surface area is 105 Å². The van der Waals surface area contributed by atoms with Crippen LogP contribution in [0.4, 0.5) is 0 Å². The van der Waals surface area contributed by atoms with E-state index in [0.29, 0.717) is 10.8 Å². The van der Waals surface area contributed by atoms with Crippen LogP contribution in [0.2, 0.25) is 0 Å². The summed E-state index contributed by atoms with van der Waals surface area (Å²) in [5, 5.41) is 3.45. The molecule has 2 heterocycles. The summed E-state index contributed by atoms with van der Waals surface area (Å²) in [5.41, 5.74) is 1.05. The number of ether oxygens (including phenoxy) is 1. The van der Waals surface area contributed by atoms with Crippen molar-refractivity contribution in [2.75, 3.05) is 46.9 Å². The Kier molecular flexibility index (Phi) is 2.96. The maximum absolute atomic E-state index is 5.67. The van der Waals surface area contributed by atoms with Gasteiger partial charge in [-0.25, -0.2) is 0 Å². The smallest absolute Gasteiger partial charge is 0.0553 e. The topological polar surface area (TPSA) is 24.5 Å².